The Kier molecular flexibility index (Phi) is 4.81. The van der Waals surface area contributed by atoms with Gasteiger partial charge in [0.05, 0.1) is 6.21 Å². The summed E-state index contributed by atoms with van der Waals surface area (Å²) < 4.78 is 4.04. The van der Waals surface area contributed by atoms with Crippen molar-refractivity contribution in [2.24, 2.45) is 12.1 Å². The molecule has 0 fully saturated rings. The van der Waals surface area contributed by atoms with Crippen LogP contribution in [0.3, 0.4) is 0 Å². The molecule has 27 heavy (non-hydrogen) atoms. The molecule has 5 nitrogen and oxygen atoms in total. The number of fused-ring (bicyclic) bond motifs is 1. The summed E-state index contributed by atoms with van der Waals surface area (Å²) in [5, 5.41) is 15.4. The minimum atomic E-state index is 0.695. The number of hydrogen-bond acceptors (Lipinski definition) is 4. The Hall–Kier alpha value is -2.86. The van der Waals surface area contributed by atoms with Gasteiger partial charge in [0.25, 0.3) is 0 Å². The summed E-state index contributed by atoms with van der Waals surface area (Å²) in [5.74, 6) is 0.833. The lowest BCUT2D eigenvalue weighted by Crippen LogP contribution is -2.02. The first kappa shape index (κ1) is 17.5. The van der Waals surface area contributed by atoms with Crippen LogP contribution in [-0.2, 0) is 13.5 Å². The van der Waals surface area contributed by atoms with E-state index in [-0.39, 0.29) is 0 Å². The summed E-state index contributed by atoms with van der Waals surface area (Å²) in [6.45, 7) is 2.12. The van der Waals surface area contributed by atoms with Crippen LogP contribution in [0.2, 0.25) is 0 Å². The van der Waals surface area contributed by atoms with Crippen LogP contribution in [0.1, 0.15) is 22.6 Å². The zero-order valence-electron chi connectivity index (χ0n) is 15.6. The van der Waals surface area contributed by atoms with Gasteiger partial charge in [-0.15, -0.1) is 10.2 Å². The second-order valence-electron chi connectivity index (χ2n) is 6.40. The third-order valence-electron chi connectivity index (χ3n) is 4.82. The average Bonchev–Trinajstić information content (AvgIpc) is 3.20. The van der Waals surface area contributed by atoms with Crippen molar-refractivity contribution >= 4 is 28.9 Å². The van der Waals surface area contributed by atoms with Crippen molar-refractivity contribution in [1.29, 1.82) is 0 Å². The molecule has 2 aromatic heterocycles. The van der Waals surface area contributed by atoms with Gasteiger partial charge in [-0.25, -0.2) is 0 Å². The Labute approximate surface area is 162 Å². The molecule has 0 radical (unpaired) electrons. The SMILES string of the molecule is CSc1nnc(Cc2ccccc2)n1/N=C\c1c(C)n(C)c2ccccc12. The number of hydrogen-bond donors (Lipinski definition) is 0. The molecular weight excluding hydrogens is 354 g/mol. The zero-order chi connectivity index (χ0) is 18.8. The molecule has 2 aromatic carbocycles. The standard InChI is InChI=1S/C21H21N5S/c1-15-18(17-11-7-8-12-19(17)25(15)2)14-22-26-20(23-24-21(26)27-3)13-16-9-5-4-6-10-16/h4-12,14H,13H2,1-3H3/b22-14-. The van der Waals surface area contributed by atoms with Gasteiger partial charge >= 0.3 is 0 Å². The minimum absolute atomic E-state index is 0.695. The van der Waals surface area contributed by atoms with Crippen molar-refractivity contribution in [3.63, 3.8) is 0 Å². The summed E-state index contributed by atoms with van der Waals surface area (Å²) in [6.07, 6.45) is 4.61. The lowest BCUT2D eigenvalue weighted by atomic mass is 10.1. The predicted molar refractivity (Wildman–Crippen MR) is 112 cm³/mol. The fourth-order valence-corrected chi connectivity index (χ4v) is 3.70. The third-order valence-corrected chi connectivity index (χ3v) is 5.43. The van der Waals surface area contributed by atoms with E-state index in [9.17, 15) is 0 Å². The Morgan fingerprint density at radius 3 is 2.56 bits per heavy atom. The molecule has 0 aliphatic carbocycles. The van der Waals surface area contributed by atoms with Gasteiger partial charge in [0.15, 0.2) is 5.82 Å². The lowest BCUT2D eigenvalue weighted by molar-refractivity contribution is 0.729. The van der Waals surface area contributed by atoms with Crippen molar-refractivity contribution in [2.75, 3.05) is 6.26 Å². The second-order valence-corrected chi connectivity index (χ2v) is 7.17. The molecule has 0 aliphatic rings. The van der Waals surface area contributed by atoms with E-state index < -0.39 is 0 Å². The summed E-state index contributed by atoms with van der Waals surface area (Å²) >= 11 is 1.55. The smallest absolute Gasteiger partial charge is 0.211 e. The number of thioether (sulfide) groups is 1. The summed E-state index contributed by atoms with van der Waals surface area (Å²) in [5.41, 5.74) is 4.70. The van der Waals surface area contributed by atoms with Gasteiger partial charge in [0.1, 0.15) is 0 Å². The van der Waals surface area contributed by atoms with E-state index in [0.29, 0.717) is 6.42 Å². The number of benzene rings is 2. The monoisotopic (exact) mass is 375 g/mol. The largest absolute Gasteiger partial charge is 0.347 e. The van der Waals surface area contributed by atoms with Crippen molar-refractivity contribution in [2.45, 2.75) is 18.5 Å². The van der Waals surface area contributed by atoms with Crippen LogP contribution in [0.4, 0.5) is 0 Å². The Bertz CT molecular complexity index is 1110. The molecular formula is C21H21N5S. The molecule has 0 amide bonds. The third kappa shape index (κ3) is 3.28. The van der Waals surface area contributed by atoms with E-state index >= 15 is 0 Å². The van der Waals surface area contributed by atoms with Crippen LogP contribution in [0.5, 0.6) is 0 Å². The summed E-state index contributed by atoms with van der Waals surface area (Å²) in [4.78, 5) is 0. The highest BCUT2D eigenvalue weighted by atomic mass is 32.2. The zero-order valence-corrected chi connectivity index (χ0v) is 16.4. The predicted octanol–water partition coefficient (Wildman–Crippen LogP) is 4.27. The van der Waals surface area contributed by atoms with Gasteiger partial charge in [-0.05, 0) is 24.8 Å². The van der Waals surface area contributed by atoms with Crippen LogP contribution >= 0.6 is 11.8 Å². The maximum Gasteiger partial charge on any atom is 0.211 e. The Morgan fingerprint density at radius 1 is 1.04 bits per heavy atom. The van der Waals surface area contributed by atoms with Gasteiger partial charge < -0.3 is 4.57 Å². The average molecular weight is 376 g/mol. The molecule has 0 saturated heterocycles. The van der Waals surface area contributed by atoms with Gasteiger partial charge in [-0.3, -0.25) is 0 Å². The van der Waals surface area contributed by atoms with Crippen molar-refractivity contribution in [3.8, 4) is 0 Å². The highest BCUT2D eigenvalue weighted by Crippen LogP contribution is 2.24. The molecule has 2 heterocycles. The van der Waals surface area contributed by atoms with Gasteiger partial charge in [-0.2, -0.15) is 9.78 Å². The first-order valence-electron chi connectivity index (χ1n) is 8.79. The van der Waals surface area contributed by atoms with E-state index in [2.05, 4.69) is 65.1 Å². The maximum atomic E-state index is 4.76. The molecule has 0 bridgehead atoms. The molecule has 4 rings (SSSR count). The van der Waals surface area contributed by atoms with E-state index in [1.54, 1.807) is 11.8 Å². The van der Waals surface area contributed by atoms with Crippen molar-refractivity contribution in [3.05, 3.63) is 77.2 Å². The van der Waals surface area contributed by atoms with Gasteiger partial charge in [0, 0.05) is 35.6 Å². The van der Waals surface area contributed by atoms with E-state index in [1.165, 1.54) is 22.2 Å². The topological polar surface area (TPSA) is 48.0 Å². The fourth-order valence-electron chi connectivity index (χ4n) is 3.26. The lowest BCUT2D eigenvalue weighted by Gasteiger charge is -2.03. The Morgan fingerprint density at radius 2 is 1.78 bits per heavy atom. The first-order valence-corrected chi connectivity index (χ1v) is 10.0. The molecule has 0 unspecified atom stereocenters. The van der Waals surface area contributed by atoms with Crippen LogP contribution < -0.4 is 0 Å². The number of rotatable bonds is 5. The molecule has 0 spiro atoms. The number of aryl methyl sites for hydroxylation is 1. The van der Waals surface area contributed by atoms with E-state index in [4.69, 9.17) is 5.10 Å². The van der Waals surface area contributed by atoms with Gasteiger partial charge in [0.2, 0.25) is 5.16 Å². The number of aromatic nitrogens is 4. The van der Waals surface area contributed by atoms with E-state index in [0.717, 1.165) is 16.5 Å². The van der Waals surface area contributed by atoms with Gasteiger partial charge in [-0.1, -0.05) is 60.3 Å². The normalized spacial score (nSPS) is 11.7. The molecule has 6 heteroatoms. The molecule has 4 aromatic rings. The second kappa shape index (κ2) is 7.40. The highest BCUT2D eigenvalue weighted by molar-refractivity contribution is 7.98. The first-order chi connectivity index (χ1) is 13.2. The maximum absolute atomic E-state index is 4.76. The Balaban J connectivity index is 1.75. The van der Waals surface area contributed by atoms with Crippen LogP contribution in [0.25, 0.3) is 10.9 Å². The molecule has 136 valence electrons. The van der Waals surface area contributed by atoms with Crippen LogP contribution in [-0.4, -0.2) is 31.9 Å². The molecule has 0 saturated carbocycles. The number of para-hydroxylation sites is 1. The van der Waals surface area contributed by atoms with Crippen LogP contribution in [0, 0.1) is 6.92 Å². The number of nitrogens with zero attached hydrogens (tertiary/aromatic N) is 5. The van der Waals surface area contributed by atoms with E-state index in [1.807, 2.05) is 35.3 Å². The quantitative estimate of drug-likeness (QED) is 0.386. The minimum Gasteiger partial charge on any atom is -0.347 e. The molecule has 0 aliphatic heterocycles. The van der Waals surface area contributed by atoms with Crippen molar-refractivity contribution in [1.82, 2.24) is 19.4 Å². The van der Waals surface area contributed by atoms with Crippen molar-refractivity contribution < 1.29 is 0 Å². The molecule has 0 atom stereocenters. The fraction of sp³-hybridized carbons (Fsp3) is 0.190. The summed E-state index contributed by atoms with van der Waals surface area (Å²) in [6, 6.07) is 18.7. The molecule has 0 N–H and O–H groups in total. The highest BCUT2D eigenvalue weighted by Gasteiger charge is 2.13. The summed E-state index contributed by atoms with van der Waals surface area (Å²) in [7, 11) is 2.09. The van der Waals surface area contributed by atoms with Crippen LogP contribution in [0.15, 0.2) is 64.9 Å².